The lowest BCUT2D eigenvalue weighted by atomic mass is 9.87. The Hall–Kier alpha value is -2.07. The Morgan fingerprint density at radius 2 is 1.68 bits per heavy atom. The van der Waals surface area contributed by atoms with Crippen molar-refractivity contribution in [2.75, 3.05) is 0 Å². The Bertz CT molecular complexity index is 858. The van der Waals surface area contributed by atoms with E-state index in [9.17, 15) is 4.79 Å². The molecule has 3 nitrogen and oxygen atoms in total. The van der Waals surface area contributed by atoms with Gasteiger partial charge in [0.05, 0.1) is 11.2 Å². The zero-order chi connectivity index (χ0) is 13.0. The fourth-order valence-electron chi connectivity index (χ4n) is 2.57. The molecule has 0 spiro atoms. The van der Waals surface area contributed by atoms with Crippen molar-refractivity contribution in [2.24, 2.45) is 0 Å². The van der Waals surface area contributed by atoms with Gasteiger partial charge in [0.15, 0.2) is 5.78 Å². The van der Waals surface area contributed by atoms with E-state index in [1.165, 1.54) is 0 Å². The third-order valence-corrected chi connectivity index (χ3v) is 4.05. The molecule has 0 bridgehead atoms. The topological polar surface area (TPSA) is 42.9 Å². The Kier molecular flexibility index (Phi) is 2.11. The molecule has 0 saturated carbocycles. The minimum Gasteiger partial charge on any atom is -0.289 e. The fourth-order valence-corrected chi connectivity index (χ4v) is 3.00. The Morgan fingerprint density at radius 3 is 2.53 bits per heavy atom. The molecule has 90 valence electrons. The highest BCUT2D eigenvalue weighted by Gasteiger charge is 2.26. The highest BCUT2D eigenvalue weighted by atomic mass is 79.9. The second-order valence-corrected chi connectivity index (χ2v) is 5.27. The Balaban J connectivity index is 2.28. The molecular weight excluding hydrogens is 304 g/mol. The number of benzene rings is 2. The van der Waals surface area contributed by atoms with Crippen molar-refractivity contribution in [3.05, 3.63) is 58.3 Å². The molecule has 1 aromatic heterocycles. The van der Waals surface area contributed by atoms with Crippen LogP contribution in [0.1, 0.15) is 15.9 Å². The second kappa shape index (κ2) is 3.71. The molecule has 0 unspecified atom stereocenters. The summed E-state index contributed by atoms with van der Waals surface area (Å²) in [7, 11) is 0. The minimum absolute atomic E-state index is 0.0374. The van der Waals surface area contributed by atoms with Crippen LogP contribution in [0.15, 0.2) is 47.2 Å². The molecule has 0 atom stereocenters. The summed E-state index contributed by atoms with van der Waals surface area (Å²) in [5, 5.41) is 0.834. The van der Waals surface area contributed by atoms with Gasteiger partial charge >= 0.3 is 0 Å². The van der Waals surface area contributed by atoms with Gasteiger partial charge in [-0.05, 0) is 28.1 Å². The number of carbonyl (C=O) groups excluding carboxylic acids is 1. The first-order valence-electron chi connectivity index (χ1n) is 5.84. The predicted octanol–water partition coefficient (Wildman–Crippen LogP) is 3.60. The molecule has 0 amide bonds. The van der Waals surface area contributed by atoms with Gasteiger partial charge in [-0.3, -0.25) is 4.79 Å². The third-order valence-electron chi connectivity index (χ3n) is 3.41. The molecule has 1 aliphatic carbocycles. The van der Waals surface area contributed by atoms with Gasteiger partial charge < -0.3 is 0 Å². The van der Waals surface area contributed by atoms with E-state index in [2.05, 4.69) is 25.9 Å². The summed E-state index contributed by atoms with van der Waals surface area (Å²) < 4.78 is 0.877. The number of carbonyl (C=O) groups is 1. The molecule has 4 rings (SSSR count). The lowest BCUT2D eigenvalue weighted by Gasteiger charge is -2.18. The normalized spacial score (nSPS) is 12.6. The van der Waals surface area contributed by atoms with E-state index in [0.717, 1.165) is 26.6 Å². The van der Waals surface area contributed by atoms with Crippen LogP contribution >= 0.6 is 15.9 Å². The van der Waals surface area contributed by atoms with Crippen LogP contribution in [0.5, 0.6) is 0 Å². The van der Waals surface area contributed by atoms with Crippen molar-refractivity contribution < 1.29 is 4.79 Å². The zero-order valence-corrected chi connectivity index (χ0v) is 11.3. The van der Waals surface area contributed by atoms with Gasteiger partial charge in [0.25, 0.3) is 0 Å². The molecule has 19 heavy (non-hydrogen) atoms. The van der Waals surface area contributed by atoms with E-state index in [1.54, 1.807) is 6.33 Å². The lowest BCUT2D eigenvalue weighted by Crippen LogP contribution is -2.11. The van der Waals surface area contributed by atoms with Crippen LogP contribution in [-0.2, 0) is 0 Å². The zero-order valence-electron chi connectivity index (χ0n) is 9.72. The number of ketones is 1. The van der Waals surface area contributed by atoms with Crippen molar-refractivity contribution in [1.29, 1.82) is 0 Å². The summed E-state index contributed by atoms with van der Waals surface area (Å²) in [5.74, 6) is 0.0374. The highest BCUT2D eigenvalue weighted by molar-refractivity contribution is 9.10. The minimum atomic E-state index is 0.0374. The molecule has 1 aliphatic rings. The standard InChI is InChI=1S/C15H7BrN2O/c16-11-6-5-10-12-13(17-7-18-14(11)12)8-3-1-2-4-9(8)15(10)19/h1-7H. The summed E-state index contributed by atoms with van der Waals surface area (Å²) in [5.41, 5.74) is 3.87. The maximum Gasteiger partial charge on any atom is 0.194 e. The molecule has 0 fully saturated rings. The quantitative estimate of drug-likeness (QED) is 0.498. The smallest absolute Gasteiger partial charge is 0.194 e. The van der Waals surface area contributed by atoms with E-state index in [4.69, 9.17) is 0 Å². The summed E-state index contributed by atoms with van der Waals surface area (Å²) in [4.78, 5) is 21.2. The molecule has 3 aromatic rings. The predicted molar refractivity (Wildman–Crippen MR) is 76.1 cm³/mol. The largest absolute Gasteiger partial charge is 0.289 e. The summed E-state index contributed by atoms with van der Waals surface area (Å²) in [6, 6.07) is 11.3. The number of fused-ring (bicyclic) bond motifs is 2. The van der Waals surface area contributed by atoms with Crippen molar-refractivity contribution in [3.8, 4) is 11.3 Å². The molecular formula is C15H7BrN2O. The van der Waals surface area contributed by atoms with Crippen molar-refractivity contribution >= 4 is 32.6 Å². The van der Waals surface area contributed by atoms with Gasteiger partial charge in [0.1, 0.15) is 6.33 Å². The summed E-state index contributed by atoms with van der Waals surface area (Å²) in [6.45, 7) is 0. The van der Waals surface area contributed by atoms with Crippen LogP contribution < -0.4 is 0 Å². The van der Waals surface area contributed by atoms with Crippen LogP contribution in [0.4, 0.5) is 0 Å². The van der Waals surface area contributed by atoms with Gasteiger partial charge in [0, 0.05) is 26.5 Å². The first-order valence-corrected chi connectivity index (χ1v) is 6.64. The van der Waals surface area contributed by atoms with Gasteiger partial charge in [-0.15, -0.1) is 0 Å². The fraction of sp³-hybridized carbons (Fsp3) is 0. The molecule has 0 N–H and O–H groups in total. The van der Waals surface area contributed by atoms with Crippen molar-refractivity contribution in [1.82, 2.24) is 9.97 Å². The number of halogens is 1. The van der Waals surface area contributed by atoms with Gasteiger partial charge in [-0.25, -0.2) is 9.97 Å². The Morgan fingerprint density at radius 1 is 0.895 bits per heavy atom. The first kappa shape index (κ1) is 10.8. The van der Waals surface area contributed by atoms with Crippen LogP contribution in [0.3, 0.4) is 0 Å². The molecule has 2 aromatic carbocycles. The van der Waals surface area contributed by atoms with E-state index in [-0.39, 0.29) is 5.78 Å². The summed E-state index contributed by atoms with van der Waals surface area (Å²) in [6.07, 6.45) is 1.54. The number of hydrogen-bond acceptors (Lipinski definition) is 3. The maximum absolute atomic E-state index is 12.5. The van der Waals surface area contributed by atoms with Crippen LogP contribution in [0.2, 0.25) is 0 Å². The highest BCUT2D eigenvalue weighted by Crippen LogP contribution is 2.38. The monoisotopic (exact) mass is 310 g/mol. The van der Waals surface area contributed by atoms with Crippen LogP contribution in [-0.4, -0.2) is 15.8 Å². The van der Waals surface area contributed by atoms with E-state index in [1.807, 2.05) is 36.4 Å². The van der Waals surface area contributed by atoms with Gasteiger partial charge in [0.2, 0.25) is 0 Å². The number of aromatic nitrogens is 2. The average molecular weight is 311 g/mol. The lowest BCUT2D eigenvalue weighted by molar-refractivity contribution is 0.104. The SMILES string of the molecule is O=C1c2ccccc2-c2ncnc3c(Br)ccc1c23. The van der Waals surface area contributed by atoms with Gasteiger partial charge in [-0.2, -0.15) is 0 Å². The first-order chi connectivity index (χ1) is 9.27. The van der Waals surface area contributed by atoms with Crippen molar-refractivity contribution in [2.45, 2.75) is 0 Å². The van der Waals surface area contributed by atoms with E-state index >= 15 is 0 Å². The van der Waals surface area contributed by atoms with Crippen LogP contribution in [0, 0.1) is 0 Å². The third kappa shape index (κ3) is 1.35. The molecule has 0 saturated heterocycles. The molecule has 1 heterocycles. The average Bonchev–Trinajstić information content (AvgIpc) is 2.46. The molecule has 0 aliphatic heterocycles. The number of nitrogens with zero attached hydrogens (tertiary/aromatic N) is 2. The van der Waals surface area contributed by atoms with Gasteiger partial charge in [-0.1, -0.05) is 24.3 Å². The maximum atomic E-state index is 12.5. The molecule has 4 heteroatoms. The van der Waals surface area contributed by atoms with E-state index < -0.39 is 0 Å². The van der Waals surface area contributed by atoms with Crippen molar-refractivity contribution in [3.63, 3.8) is 0 Å². The molecule has 0 radical (unpaired) electrons. The summed E-state index contributed by atoms with van der Waals surface area (Å²) >= 11 is 3.48. The van der Waals surface area contributed by atoms with E-state index in [0.29, 0.717) is 11.1 Å². The second-order valence-electron chi connectivity index (χ2n) is 4.42. The number of hydrogen-bond donors (Lipinski definition) is 0. The number of rotatable bonds is 0. The Labute approximate surface area is 117 Å². The van der Waals surface area contributed by atoms with Crippen LogP contribution in [0.25, 0.3) is 22.2 Å².